The van der Waals surface area contributed by atoms with E-state index in [1.165, 1.54) is 17.7 Å². The van der Waals surface area contributed by atoms with Crippen molar-refractivity contribution in [3.63, 3.8) is 0 Å². The minimum Gasteiger partial charge on any atom is -0.593 e. The molecule has 4 aromatic carbocycles. The molecule has 10 heteroatoms. The third-order valence-electron chi connectivity index (χ3n) is 8.72. The first-order chi connectivity index (χ1) is 23.3. The molecule has 2 aliphatic rings. The fraction of sp³-hybridized carbons (Fsp3) is 0.282. The summed E-state index contributed by atoms with van der Waals surface area (Å²) in [7, 11) is 3.56. The van der Waals surface area contributed by atoms with E-state index in [1.54, 1.807) is 31.5 Å². The van der Waals surface area contributed by atoms with E-state index >= 15 is 0 Å². The number of carbonyl (C=O) groups is 2. The summed E-state index contributed by atoms with van der Waals surface area (Å²) in [6.07, 6.45) is 3.09. The fourth-order valence-electron chi connectivity index (χ4n) is 6.22. The Bertz CT molecular complexity index is 2020. The Morgan fingerprint density at radius 3 is 2.14 bits per heavy atom. The van der Waals surface area contributed by atoms with E-state index in [1.807, 2.05) is 56.4 Å². The Hall–Kier alpha value is -4.80. The Balaban J connectivity index is 1.64. The minimum atomic E-state index is -1.40. The van der Waals surface area contributed by atoms with Crippen molar-refractivity contribution in [3.05, 3.63) is 107 Å². The lowest BCUT2D eigenvalue weighted by atomic mass is 9.95. The summed E-state index contributed by atoms with van der Waals surface area (Å²) >= 11 is -1.40. The van der Waals surface area contributed by atoms with Crippen LogP contribution in [-0.4, -0.2) is 55.3 Å². The number of carbonyl (C=O) groups excluding carboxylic acids is 2. The Kier molecular flexibility index (Phi) is 9.46. The second kappa shape index (κ2) is 13.6. The van der Waals surface area contributed by atoms with Gasteiger partial charge in [0.25, 0.3) is 11.8 Å². The zero-order valence-electron chi connectivity index (χ0n) is 28.6. The molecule has 0 aliphatic carbocycles. The van der Waals surface area contributed by atoms with Gasteiger partial charge in [0.05, 0.1) is 29.2 Å². The van der Waals surface area contributed by atoms with Gasteiger partial charge in [-0.25, -0.2) is 4.39 Å². The highest BCUT2D eigenvalue weighted by Crippen LogP contribution is 2.42. The first-order valence-electron chi connectivity index (χ1n) is 16.3. The molecule has 7 rings (SSSR count). The summed E-state index contributed by atoms with van der Waals surface area (Å²) in [6, 6.07) is 23.8. The number of benzene rings is 4. The molecule has 0 saturated carbocycles. The van der Waals surface area contributed by atoms with Crippen LogP contribution >= 0.6 is 0 Å². The summed E-state index contributed by atoms with van der Waals surface area (Å²) < 4.78 is 35.4. The molecule has 2 aliphatic heterocycles. The number of nitrogens with zero attached hydrogens (tertiary/aromatic N) is 2. The molecular weight excluding hydrogens is 640 g/mol. The van der Waals surface area contributed by atoms with Crippen LogP contribution in [0.25, 0.3) is 33.4 Å². The van der Waals surface area contributed by atoms with Crippen molar-refractivity contribution < 1.29 is 22.9 Å². The maximum atomic E-state index is 13.9. The summed E-state index contributed by atoms with van der Waals surface area (Å²) in [5, 5.41) is 6.38. The van der Waals surface area contributed by atoms with Gasteiger partial charge in [0.15, 0.2) is 0 Å². The molecule has 0 saturated heterocycles. The van der Waals surface area contributed by atoms with E-state index in [4.69, 9.17) is 4.42 Å². The van der Waals surface area contributed by atoms with Gasteiger partial charge >= 0.3 is 0 Å². The number of anilines is 2. The largest absolute Gasteiger partial charge is 0.593 e. The van der Waals surface area contributed by atoms with Gasteiger partial charge < -0.3 is 24.5 Å². The number of amides is 2. The molecule has 254 valence electrons. The highest BCUT2D eigenvalue weighted by molar-refractivity contribution is 7.92. The van der Waals surface area contributed by atoms with E-state index in [0.29, 0.717) is 58.6 Å². The molecule has 2 amide bonds. The molecule has 1 aromatic heterocycles. The highest BCUT2D eigenvalue weighted by Gasteiger charge is 2.27. The zero-order valence-corrected chi connectivity index (χ0v) is 29.5. The lowest BCUT2D eigenvalue weighted by Crippen LogP contribution is -2.40. The van der Waals surface area contributed by atoms with Gasteiger partial charge in [-0.2, -0.15) is 4.31 Å². The normalized spacial score (nSPS) is 14.2. The van der Waals surface area contributed by atoms with Gasteiger partial charge in [0.2, 0.25) is 0 Å². The lowest BCUT2D eigenvalue weighted by Gasteiger charge is -2.27. The van der Waals surface area contributed by atoms with Crippen LogP contribution in [0.5, 0.6) is 0 Å². The third kappa shape index (κ3) is 7.30. The molecule has 5 aromatic rings. The molecule has 1 atom stereocenters. The summed E-state index contributed by atoms with van der Waals surface area (Å²) in [5.41, 5.74) is 6.58. The summed E-state index contributed by atoms with van der Waals surface area (Å²) in [5.74, 6) is -0.670. The SMILES string of the molecule is CNC(=O)c1c(-c2ccc(F)cc2)oc2cc3c(cc12)-c1cc(C(=O)NC(C)(C)C)cc(c1)N([S+](C)[O-])CCc1ccc(cc1)CCN3C. The van der Waals surface area contributed by atoms with Crippen LogP contribution in [0.15, 0.2) is 83.3 Å². The van der Waals surface area contributed by atoms with E-state index in [0.717, 1.165) is 28.8 Å². The predicted molar refractivity (Wildman–Crippen MR) is 196 cm³/mol. The summed E-state index contributed by atoms with van der Waals surface area (Å²) in [6.45, 7) is 6.92. The average molecular weight is 681 g/mol. The number of rotatable bonds is 4. The fourth-order valence-corrected chi connectivity index (χ4v) is 6.97. The Labute approximate surface area is 289 Å². The molecule has 8 nitrogen and oxygen atoms in total. The standard InChI is InChI=1S/C39H41FN4O4S/c1-39(2,3)42-37(45)28-19-27-20-30(21-28)44(49(6)47)18-16-25-9-7-24(8-10-25)15-17-43(5)33-23-34-32(22-31(27)33)35(38(46)41-4)36(48-34)26-11-13-29(40)14-12-26/h7-14,19-23H,15-18H2,1-6H3,(H,41,46)(H,42,45). The second-order valence-electron chi connectivity index (χ2n) is 13.5. The minimum absolute atomic E-state index is 0.255. The maximum absolute atomic E-state index is 13.9. The first kappa shape index (κ1) is 34.1. The molecule has 1 unspecified atom stereocenters. The van der Waals surface area contributed by atoms with Gasteiger partial charge in [-0.1, -0.05) is 24.3 Å². The summed E-state index contributed by atoms with van der Waals surface area (Å²) in [4.78, 5) is 29.3. The van der Waals surface area contributed by atoms with Crippen molar-refractivity contribution in [2.24, 2.45) is 0 Å². The van der Waals surface area contributed by atoms with Crippen LogP contribution in [-0.2, 0) is 24.2 Å². The maximum Gasteiger partial charge on any atom is 0.255 e. The van der Waals surface area contributed by atoms with Crippen LogP contribution in [0.4, 0.5) is 15.8 Å². The number of likely N-dealkylation sites (N-methyl/N-ethyl adjacent to an activating group) is 1. The molecule has 0 spiro atoms. The molecule has 0 radical (unpaired) electrons. The number of furan rings is 1. The van der Waals surface area contributed by atoms with Crippen LogP contribution in [0.3, 0.4) is 0 Å². The zero-order chi connectivity index (χ0) is 35.0. The van der Waals surface area contributed by atoms with Crippen LogP contribution < -0.4 is 19.8 Å². The van der Waals surface area contributed by atoms with Crippen molar-refractivity contribution in [2.75, 3.05) is 42.6 Å². The van der Waals surface area contributed by atoms with E-state index in [-0.39, 0.29) is 11.8 Å². The van der Waals surface area contributed by atoms with Crippen molar-refractivity contribution in [1.82, 2.24) is 10.6 Å². The molecule has 2 N–H and O–H groups in total. The van der Waals surface area contributed by atoms with Crippen LogP contribution in [0, 0.1) is 5.82 Å². The van der Waals surface area contributed by atoms with Gasteiger partial charge in [0, 0.05) is 60.0 Å². The van der Waals surface area contributed by atoms with Crippen molar-refractivity contribution in [1.29, 1.82) is 0 Å². The number of hydrogen-bond donors (Lipinski definition) is 2. The van der Waals surface area contributed by atoms with E-state index in [9.17, 15) is 18.5 Å². The molecule has 0 fully saturated rings. The molecule has 3 heterocycles. The van der Waals surface area contributed by atoms with Crippen LogP contribution in [0.2, 0.25) is 0 Å². The number of nitrogens with one attached hydrogen (secondary N) is 2. The predicted octanol–water partition coefficient (Wildman–Crippen LogP) is 7.13. The van der Waals surface area contributed by atoms with Gasteiger partial charge in [-0.3, -0.25) is 9.59 Å². The first-order valence-corrected chi connectivity index (χ1v) is 17.8. The molecular formula is C39H41FN4O4S. The lowest BCUT2D eigenvalue weighted by molar-refractivity contribution is 0.0918. The molecule has 49 heavy (non-hydrogen) atoms. The van der Waals surface area contributed by atoms with E-state index in [2.05, 4.69) is 39.8 Å². The van der Waals surface area contributed by atoms with Gasteiger partial charge in [-0.05, 0) is 98.8 Å². The average Bonchev–Trinajstić information content (AvgIpc) is 3.44. The van der Waals surface area contributed by atoms with Crippen molar-refractivity contribution in [2.45, 2.75) is 39.2 Å². The topological polar surface area (TPSA) is 101 Å². The Morgan fingerprint density at radius 2 is 1.53 bits per heavy atom. The third-order valence-corrected chi connectivity index (χ3v) is 9.73. The number of halogens is 1. The Morgan fingerprint density at radius 1 is 0.878 bits per heavy atom. The highest BCUT2D eigenvalue weighted by atomic mass is 32.2. The van der Waals surface area contributed by atoms with Crippen LogP contribution in [0.1, 0.15) is 52.6 Å². The second-order valence-corrected chi connectivity index (χ2v) is 14.8. The van der Waals surface area contributed by atoms with Gasteiger partial charge in [-0.15, -0.1) is 0 Å². The van der Waals surface area contributed by atoms with E-state index < -0.39 is 22.7 Å². The monoisotopic (exact) mass is 680 g/mol. The van der Waals surface area contributed by atoms with Crippen molar-refractivity contribution >= 4 is 45.5 Å². The molecule has 4 bridgehead atoms. The van der Waals surface area contributed by atoms with Gasteiger partial charge in [0.1, 0.15) is 23.4 Å². The number of fused-ring (bicyclic) bond motifs is 7. The quantitative estimate of drug-likeness (QED) is 0.196. The van der Waals surface area contributed by atoms with Crippen molar-refractivity contribution in [3.8, 4) is 22.5 Å². The smallest absolute Gasteiger partial charge is 0.255 e. The number of hydrogen-bond acceptors (Lipinski definition) is 6.